The lowest BCUT2D eigenvalue weighted by atomic mass is 9.80. The number of likely N-dealkylation sites (tertiary alicyclic amines) is 2. The summed E-state index contributed by atoms with van der Waals surface area (Å²) in [5.41, 5.74) is 0.360. The van der Waals surface area contributed by atoms with Gasteiger partial charge in [0, 0.05) is 24.5 Å². The molecule has 25 heavy (non-hydrogen) atoms. The molecule has 5 nitrogen and oxygen atoms in total. The second kappa shape index (κ2) is 7.47. The third kappa shape index (κ3) is 4.62. The largest absolute Gasteiger partial charge is 0.490 e. The summed E-state index contributed by atoms with van der Waals surface area (Å²) in [6.07, 6.45) is -0.128. The SMILES string of the molecule is CN1CCCC12CCN(C(=O)C1CC(F)C1)CC2.O=C(O)C(F)(F)F. The minimum absolute atomic E-state index is 0.0182. The molecule has 2 aliphatic heterocycles. The molecule has 1 aliphatic carbocycles. The van der Waals surface area contributed by atoms with E-state index in [1.165, 1.54) is 19.4 Å². The van der Waals surface area contributed by atoms with Gasteiger partial charge in [-0.05, 0) is 52.1 Å². The van der Waals surface area contributed by atoms with Gasteiger partial charge in [-0.15, -0.1) is 0 Å². The fraction of sp³-hybridized carbons (Fsp3) is 0.875. The molecule has 1 saturated carbocycles. The predicted octanol–water partition coefficient (Wildman–Crippen LogP) is 2.45. The Morgan fingerprint density at radius 1 is 1.08 bits per heavy atom. The molecular weight excluding hydrogens is 344 g/mol. The number of carbonyl (C=O) groups excluding carboxylic acids is 1. The van der Waals surface area contributed by atoms with Crippen LogP contribution in [0.2, 0.25) is 0 Å². The predicted molar refractivity (Wildman–Crippen MR) is 81.7 cm³/mol. The number of piperidine rings is 1. The van der Waals surface area contributed by atoms with Crippen molar-refractivity contribution in [1.29, 1.82) is 0 Å². The first-order valence-corrected chi connectivity index (χ1v) is 8.49. The summed E-state index contributed by atoms with van der Waals surface area (Å²) in [7, 11) is 2.21. The molecule has 0 atom stereocenters. The monoisotopic (exact) mass is 368 g/mol. The van der Waals surface area contributed by atoms with Crippen molar-refractivity contribution in [2.24, 2.45) is 5.92 Å². The van der Waals surface area contributed by atoms with E-state index >= 15 is 0 Å². The van der Waals surface area contributed by atoms with Gasteiger partial charge in [0.2, 0.25) is 5.91 Å². The highest BCUT2D eigenvalue weighted by molar-refractivity contribution is 5.80. The Bertz CT molecular complexity index is 498. The Labute approximate surface area is 144 Å². The van der Waals surface area contributed by atoms with Crippen molar-refractivity contribution in [3.63, 3.8) is 0 Å². The zero-order chi connectivity index (χ0) is 18.8. The van der Waals surface area contributed by atoms with E-state index in [1.807, 2.05) is 4.90 Å². The van der Waals surface area contributed by atoms with Crippen LogP contribution in [0, 0.1) is 5.92 Å². The van der Waals surface area contributed by atoms with Gasteiger partial charge in [-0.2, -0.15) is 13.2 Å². The smallest absolute Gasteiger partial charge is 0.475 e. The van der Waals surface area contributed by atoms with Crippen LogP contribution in [-0.4, -0.2) is 71.4 Å². The van der Waals surface area contributed by atoms with E-state index in [-0.39, 0.29) is 11.8 Å². The second-order valence-electron chi connectivity index (χ2n) is 7.14. The number of carbonyl (C=O) groups is 2. The van der Waals surface area contributed by atoms with Crippen LogP contribution in [0.5, 0.6) is 0 Å². The van der Waals surface area contributed by atoms with E-state index in [0.29, 0.717) is 18.4 Å². The summed E-state index contributed by atoms with van der Waals surface area (Å²) in [6.45, 7) is 2.94. The minimum atomic E-state index is -5.08. The number of hydrogen-bond acceptors (Lipinski definition) is 3. The molecule has 1 spiro atoms. The van der Waals surface area contributed by atoms with Crippen molar-refractivity contribution >= 4 is 11.9 Å². The number of rotatable bonds is 1. The van der Waals surface area contributed by atoms with E-state index in [1.54, 1.807) is 0 Å². The molecule has 3 fully saturated rings. The van der Waals surface area contributed by atoms with Crippen LogP contribution < -0.4 is 0 Å². The summed E-state index contributed by atoms with van der Waals surface area (Å²) >= 11 is 0. The van der Waals surface area contributed by atoms with Crippen molar-refractivity contribution in [3.8, 4) is 0 Å². The third-order valence-electron chi connectivity index (χ3n) is 5.62. The Morgan fingerprint density at radius 3 is 1.96 bits per heavy atom. The molecule has 1 N–H and O–H groups in total. The van der Waals surface area contributed by atoms with Crippen LogP contribution in [0.3, 0.4) is 0 Å². The zero-order valence-corrected chi connectivity index (χ0v) is 14.2. The summed E-state index contributed by atoms with van der Waals surface area (Å²) < 4.78 is 44.5. The van der Waals surface area contributed by atoms with Crippen molar-refractivity contribution in [2.75, 3.05) is 26.7 Å². The number of nitrogens with zero attached hydrogens (tertiary/aromatic N) is 2. The van der Waals surface area contributed by atoms with E-state index in [9.17, 15) is 22.4 Å². The van der Waals surface area contributed by atoms with Crippen LogP contribution in [0.4, 0.5) is 17.6 Å². The van der Waals surface area contributed by atoms with Crippen LogP contribution >= 0.6 is 0 Å². The molecule has 0 unspecified atom stereocenters. The first-order chi connectivity index (χ1) is 11.5. The van der Waals surface area contributed by atoms with Gasteiger partial charge in [-0.25, -0.2) is 9.18 Å². The zero-order valence-electron chi connectivity index (χ0n) is 14.2. The van der Waals surface area contributed by atoms with Crippen molar-refractivity contribution in [1.82, 2.24) is 9.80 Å². The topological polar surface area (TPSA) is 60.9 Å². The van der Waals surface area contributed by atoms with E-state index in [0.717, 1.165) is 25.9 Å². The lowest BCUT2D eigenvalue weighted by molar-refractivity contribution is -0.192. The molecular formula is C16H24F4N2O3. The summed E-state index contributed by atoms with van der Waals surface area (Å²) in [5, 5.41) is 7.12. The van der Waals surface area contributed by atoms with Gasteiger partial charge in [0.15, 0.2) is 0 Å². The third-order valence-corrected chi connectivity index (χ3v) is 5.62. The quantitative estimate of drug-likeness (QED) is 0.723. The normalized spacial score (nSPS) is 28.9. The lowest BCUT2D eigenvalue weighted by Crippen LogP contribution is -2.54. The van der Waals surface area contributed by atoms with Crippen molar-refractivity contribution in [3.05, 3.63) is 0 Å². The number of carboxylic acids is 1. The van der Waals surface area contributed by atoms with E-state index in [4.69, 9.17) is 9.90 Å². The Hall–Kier alpha value is -1.38. The highest BCUT2D eigenvalue weighted by atomic mass is 19.4. The highest BCUT2D eigenvalue weighted by Crippen LogP contribution is 2.39. The Balaban J connectivity index is 0.000000277. The van der Waals surface area contributed by atoms with Crippen LogP contribution in [0.15, 0.2) is 0 Å². The molecule has 9 heteroatoms. The minimum Gasteiger partial charge on any atom is -0.475 e. The second-order valence-corrected chi connectivity index (χ2v) is 7.14. The van der Waals surface area contributed by atoms with Crippen LogP contribution in [-0.2, 0) is 9.59 Å². The molecule has 3 rings (SSSR count). The molecule has 144 valence electrons. The van der Waals surface area contributed by atoms with Gasteiger partial charge in [-0.3, -0.25) is 4.79 Å². The number of aliphatic carboxylic acids is 1. The fourth-order valence-corrected chi connectivity index (χ4v) is 3.86. The molecule has 0 aromatic rings. The van der Waals surface area contributed by atoms with Gasteiger partial charge in [0.1, 0.15) is 6.17 Å². The highest BCUT2D eigenvalue weighted by Gasteiger charge is 2.44. The van der Waals surface area contributed by atoms with Gasteiger partial charge < -0.3 is 14.9 Å². The Kier molecular flexibility index (Phi) is 5.96. The van der Waals surface area contributed by atoms with Crippen LogP contribution in [0.1, 0.15) is 38.5 Å². The average molecular weight is 368 g/mol. The number of amides is 1. The molecule has 1 amide bonds. The molecule has 0 radical (unpaired) electrons. The number of halogens is 4. The molecule has 0 aromatic carbocycles. The molecule has 0 bridgehead atoms. The Morgan fingerprint density at radius 2 is 1.60 bits per heavy atom. The maximum atomic E-state index is 12.8. The summed E-state index contributed by atoms with van der Waals surface area (Å²) in [4.78, 5) is 25.5. The first-order valence-electron chi connectivity index (χ1n) is 8.49. The number of alkyl halides is 4. The van der Waals surface area contributed by atoms with E-state index in [2.05, 4.69) is 11.9 Å². The first kappa shape index (κ1) is 19.9. The maximum absolute atomic E-state index is 12.8. The maximum Gasteiger partial charge on any atom is 0.490 e. The van der Waals surface area contributed by atoms with Gasteiger partial charge in [-0.1, -0.05) is 0 Å². The van der Waals surface area contributed by atoms with Gasteiger partial charge in [0.25, 0.3) is 0 Å². The van der Waals surface area contributed by atoms with Crippen LogP contribution in [0.25, 0.3) is 0 Å². The van der Waals surface area contributed by atoms with Crippen molar-refractivity contribution in [2.45, 2.75) is 56.4 Å². The molecule has 0 aromatic heterocycles. The number of hydrogen-bond donors (Lipinski definition) is 1. The van der Waals surface area contributed by atoms with Gasteiger partial charge >= 0.3 is 12.1 Å². The van der Waals surface area contributed by atoms with E-state index < -0.39 is 18.3 Å². The van der Waals surface area contributed by atoms with Crippen molar-refractivity contribution < 1.29 is 32.3 Å². The fourth-order valence-electron chi connectivity index (χ4n) is 3.86. The average Bonchev–Trinajstić information content (AvgIpc) is 2.85. The molecule has 3 aliphatic rings. The molecule has 2 saturated heterocycles. The lowest BCUT2D eigenvalue weighted by Gasteiger charge is -2.45. The number of carboxylic acid groups (broad SMARTS) is 1. The summed E-state index contributed by atoms with van der Waals surface area (Å²) in [6, 6.07) is 0. The summed E-state index contributed by atoms with van der Waals surface area (Å²) in [5.74, 6) is -2.57. The molecule has 2 heterocycles. The standard InChI is InChI=1S/C14H23FN2O.C2HF3O2/c1-16-6-2-3-14(16)4-7-17(8-5-14)13(18)11-9-12(15)10-11;3-2(4,5)1(6)7/h11-12H,2-10H2,1H3;(H,6,7). The van der Waals surface area contributed by atoms with Gasteiger partial charge in [0.05, 0.1) is 0 Å².